The van der Waals surface area contributed by atoms with E-state index < -0.39 is 4.65 Å². The van der Waals surface area contributed by atoms with Gasteiger partial charge in [-0.3, -0.25) is 0 Å². The van der Waals surface area contributed by atoms with Gasteiger partial charge < -0.3 is 5.21 Å². The first kappa shape index (κ1) is 12.4. The summed E-state index contributed by atoms with van der Waals surface area (Å²) in [5.74, 6) is 0.972. The fraction of sp³-hybridized carbons (Fsp3) is 0. The monoisotopic (exact) mass is 264 g/mol. The van der Waals surface area contributed by atoms with E-state index in [0.29, 0.717) is 17.5 Å². The van der Waals surface area contributed by atoms with Gasteiger partial charge in [-0.25, -0.2) is 19.6 Å². The van der Waals surface area contributed by atoms with Crippen LogP contribution < -0.4 is 4.65 Å². The van der Waals surface area contributed by atoms with E-state index in [1.807, 2.05) is 0 Å². The van der Waals surface area contributed by atoms with Crippen molar-refractivity contribution >= 4 is 17.5 Å². The number of hydrogen-bond donors (Lipinski definition) is 0. The summed E-state index contributed by atoms with van der Waals surface area (Å²) in [5, 5.41) is 13.5. The Morgan fingerprint density at radius 1 is 0.600 bits per heavy atom. The second-order valence-corrected chi connectivity index (χ2v) is 4.17. The lowest BCUT2D eigenvalue weighted by Gasteiger charge is -2.36. The predicted molar refractivity (Wildman–Crippen MR) is 77.2 cm³/mol. The molecule has 20 heavy (non-hydrogen) atoms. The molecule has 5 heteroatoms. The molecule has 3 aromatic rings. The van der Waals surface area contributed by atoms with Crippen LogP contribution in [0.3, 0.4) is 0 Å². The Hall–Kier alpha value is -2.63. The molecule has 0 saturated carbocycles. The van der Waals surface area contributed by atoms with E-state index in [2.05, 4.69) is 15.0 Å². The van der Waals surface area contributed by atoms with Gasteiger partial charge in [0.1, 0.15) is 0 Å². The number of quaternary nitrogens is 1. The minimum absolute atomic E-state index is 0.324. The minimum Gasteiger partial charge on any atom is -0.613 e. The predicted octanol–water partition coefficient (Wildman–Crippen LogP) is 3.34. The molecule has 3 heterocycles. The van der Waals surface area contributed by atoms with Gasteiger partial charge in [0, 0.05) is 36.8 Å². The minimum atomic E-state index is -0.914. The Bertz CT molecular complexity index is 577. The van der Waals surface area contributed by atoms with Crippen molar-refractivity contribution in [1.29, 1.82) is 0 Å². The summed E-state index contributed by atoms with van der Waals surface area (Å²) in [4.78, 5) is 12.5. The Labute approximate surface area is 116 Å². The van der Waals surface area contributed by atoms with Crippen molar-refractivity contribution in [2.75, 3.05) is 0 Å². The van der Waals surface area contributed by atoms with Crippen LogP contribution in [0.25, 0.3) is 0 Å². The van der Waals surface area contributed by atoms with Gasteiger partial charge in [-0.15, -0.1) is 0 Å². The second-order valence-electron chi connectivity index (χ2n) is 4.17. The van der Waals surface area contributed by atoms with Crippen LogP contribution in [-0.4, -0.2) is 15.0 Å². The highest BCUT2D eigenvalue weighted by Crippen LogP contribution is 2.38. The molecule has 98 valence electrons. The highest BCUT2D eigenvalue weighted by atomic mass is 16.6. The second kappa shape index (κ2) is 5.16. The van der Waals surface area contributed by atoms with Crippen molar-refractivity contribution in [3.8, 4) is 0 Å². The molecule has 0 unspecified atom stereocenters. The van der Waals surface area contributed by atoms with Crippen LogP contribution in [0, 0.1) is 5.21 Å². The van der Waals surface area contributed by atoms with Gasteiger partial charge in [0.2, 0.25) is 17.5 Å². The Kier molecular flexibility index (Phi) is 3.20. The molecule has 0 radical (unpaired) electrons. The first-order chi connectivity index (χ1) is 9.82. The fourth-order valence-corrected chi connectivity index (χ4v) is 1.97. The van der Waals surface area contributed by atoms with Crippen LogP contribution in [0.15, 0.2) is 73.2 Å². The Morgan fingerprint density at radius 2 is 0.950 bits per heavy atom. The number of nitrogens with zero attached hydrogens (tertiary/aromatic N) is 4. The van der Waals surface area contributed by atoms with Gasteiger partial charge in [0.05, 0.1) is 0 Å². The van der Waals surface area contributed by atoms with Gasteiger partial charge in [0.15, 0.2) is 0 Å². The number of rotatable bonds is 3. The Morgan fingerprint density at radius 3 is 1.20 bits per heavy atom. The van der Waals surface area contributed by atoms with E-state index in [-0.39, 0.29) is 0 Å². The zero-order chi connectivity index (χ0) is 13.8. The zero-order valence-corrected chi connectivity index (χ0v) is 10.6. The third kappa shape index (κ3) is 2.05. The van der Waals surface area contributed by atoms with Crippen molar-refractivity contribution in [3.05, 3.63) is 78.4 Å². The van der Waals surface area contributed by atoms with Crippen molar-refractivity contribution in [3.63, 3.8) is 0 Å². The molecule has 0 N–H and O–H groups in total. The maximum Gasteiger partial charge on any atom is 0.240 e. The van der Waals surface area contributed by atoms with Gasteiger partial charge in [-0.05, 0) is 18.2 Å². The third-order valence-corrected chi connectivity index (χ3v) is 2.92. The molecule has 5 nitrogen and oxygen atoms in total. The van der Waals surface area contributed by atoms with Gasteiger partial charge in [-0.1, -0.05) is 18.2 Å². The SMILES string of the molecule is [O-][N+](c1ccccn1)(c1ccccn1)c1ccccn1. The smallest absolute Gasteiger partial charge is 0.240 e. The van der Waals surface area contributed by atoms with Gasteiger partial charge >= 0.3 is 0 Å². The molecule has 0 fully saturated rings. The quantitative estimate of drug-likeness (QED) is 0.537. The highest BCUT2D eigenvalue weighted by Gasteiger charge is 2.30. The largest absolute Gasteiger partial charge is 0.613 e. The van der Waals surface area contributed by atoms with Crippen molar-refractivity contribution in [2.24, 2.45) is 0 Å². The lowest BCUT2D eigenvalue weighted by atomic mass is 10.3. The third-order valence-electron chi connectivity index (χ3n) is 2.92. The lowest BCUT2D eigenvalue weighted by molar-refractivity contribution is 0.633. The van der Waals surface area contributed by atoms with Crippen LogP contribution in [0.2, 0.25) is 0 Å². The zero-order valence-electron chi connectivity index (χ0n) is 10.6. The molecule has 0 saturated heterocycles. The molecule has 0 aromatic carbocycles. The maximum atomic E-state index is 13.5. The van der Waals surface area contributed by atoms with Crippen molar-refractivity contribution in [2.45, 2.75) is 0 Å². The molecule has 3 aromatic heterocycles. The van der Waals surface area contributed by atoms with E-state index >= 15 is 0 Å². The molecule has 0 spiro atoms. The molecular weight excluding hydrogens is 252 g/mol. The summed E-state index contributed by atoms with van der Waals surface area (Å²) >= 11 is 0. The van der Waals surface area contributed by atoms with Crippen LogP contribution in [0.1, 0.15) is 0 Å². The standard InChI is InChI=1S/C15H12N4O/c20-19(13-7-1-4-10-16-13,14-8-2-5-11-17-14)15-9-3-6-12-18-15/h1-12H. The molecule has 0 aliphatic rings. The molecule has 0 aliphatic heterocycles. The topological polar surface area (TPSA) is 61.7 Å². The van der Waals surface area contributed by atoms with Crippen LogP contribution in [-0.2, 0) is 0 Å². The summed E-state index contributed by atoms with van der Waals surface area (Å²) in [7, 11) is 0. The summed E-state index contributed by atoms with van der Waals surface area (Å²) < 4.78 is -0.914. The van der Waals surface area contributed by atoms with E-state index in [1.54, 1.807) is 73.2 Å². The molecule has 0 amide bonds. The first-order valence-corrected chi connectivity index (χ1v) is 6.16. The summed E-state index contributed by atoms with van der Waals surface area (Å²) in [6, 6.07) is 15.7. The average molecular weight is 264 g/mol. The summed E-state index contributed by atoms with van der Waals surface area (Å²) in [5.41, 5.74) is 0. The van der Waals surface area contributed by atoms with Gasteiger partial charge in [-0.2, -0.15) is 0 Å². The molecule has 0 atom stereocenters. The van der Waals surface area contributed by atoms with Crippen LogP contribution in [0.5, 0.6) is 0 Å². The van der Waals surface area contributed by atoms with Gasteiger partial charge in [0.25, 0.3) is 0 Å². The molecular formula is C15H12N4O. The maximum absolute atomic E-state index is 13.5. The average Bonchev–Trinajstić information content (AvgIpc) is 2.56. The van der Waals surface area contributed by atoms with E-state index in [0.717, 1.165) is 0 Å². The summed E-state index contributed by atoms with van der Waals surface area (Å²) in [6.45, 7) is 0. The Balaban J connectivity index is 2.24. The fourth-order valence-electron chi connectivity index (χ4n) is 1.97. The molecule has 3 rings (SSSR count). The van der Waals surface area contributed by atoms with E-state index in [4.69, 9.17) is 0 Å². The van der Waals surface area contributed by atoms with Crippen LogP contribution >= 0.6 is 0 Å². The highest BCUT2D eigenvalue weighted by molar-refractivity contribution is 5.63. The lowest BCUT2D eigenvalue weighted by Crippen LogP contribution is -2.34. The van der Waals surface area contributed by atoms with Crippen molar-refractivity contribution in [1.82, 2.24) is 19.6 Å². The number of hydrogen-bond acceptors (Lipinski definition) is 4. The molecule has 0 aliphatic carbocycles. The van der Waals surface area contributed by atoms with E-state index in [9.17, 15) is 5.21 Å². The van der Waals surface area contributed by atoms with Crippen LogP contribution in [0.4, 0.5) is 17.5 Å². The normalized spacial score (nSPS) is 11.2. The molecule has 0 bridgehead atoms. The summed E-state index contributed by atoms with van der Waals surface area (Å²) in [6.07, 6.45) is 4.77. The van der Waals surface area contributed by atoms with Crippen molar-refractivity contribution < 1.29 is 0 Å². The van der Waals surface area contributed by atoms with E-state index in [1.165, 1.54) is 0 Å². The number of pyridine rings is 3. The number of aromatic nitrogens is 3. The first-order valence-electron chi connectivity index (χ1n) is 6.16.